The number of nitrogens with two attached hydrogens (primary N) is 1. The average molecular weight is 255 g/mol. The third kappa shape index (κ3) is 4.02. The van der Waals surface area contributed by atoms with E-state index in [9.17, 15) is 4.79 Å². The molecule has 0 aliphatic rings. The molecule has 1 rings (SSSR count). The highest BCUT2D eigenvalue weighted by Crippen LogP contribution is 2.18. The molecule has 4 heteroatoms. The molecule has 0 heterocycles. The molecular weight excluding hydrogens is 236 g/mol. The second kappa shape index (κ2) is 5.52. The molecule has 0 aliphatic carbocycles. The first kappa shape index (κ1) is 14.0. The summed E-state index contributed by atoms with van der Waals surface area (Å²) in [6.45, 7) is 6.56. The maximum Gasteiger partial charge on any atom is 0.225 e. The van der Waals surface area contributed by atoms with Crippen molar-refractivity contribution in [1.82, 2.24) is 5.32 Å². The van der Waals surface area contributed by atoms with Crippen molar-refractivity contribution < 1.29 is 4.79 Å². The van der Waals surface area contributed by atoms with Gasteiger partial charge in [-0.15, -0.1) is 0 Å². The van der Waals surface area contributed by atoms with Gasteiger partial charge >= 0.3 is 0 Å². The van der Waals surface area contributed by atoms with E-state index >= 15 is 0 Å². The number of rotatable bonds is 3. The van der Waals surface area contributed by atoms with Crippen LogP contribution in [0.1, 0.15) is 31.9 Å². The number of halogens is 1. The smallest absolute Gasteiger partial charge is 0.225 e. The second-order valence-electron chi connectivity index (χ2n) is 5.06. The van der Waals surface area contributed by atoms with Crippen LogP contribution in [0.2, 0.25) is 5.02 Å². The van der Waals surface area contributed by atoms with E-state index in [1.54, 1.807) is 0 Å². The highest BCUT2D eigenvalue weighted by atomic mass is 35.5. The van der Waals surface area contributed by atoms with Crippen molar-refractivity contribution in [3.05, 3.63) is 34.3 Å². The zero-order chi connectivity index (χ0) is 13.1. The zero-order valence-electron chi connectivity index (χ0n) is 10.5. The topological polar surface area (TPSA) is 55.1 Å². The highest BCUT2D eigenvalue weighted by Gasteiger charge is 2.20. The lowest BCUT2D eigenvalue weighted by Gasteiger charge is -2.17. The Bertz CT molecular complexity index is 410. The van der Waals surface area contributed by atoms with Crippen LogP contribution in [0.5, 0.6) is 0 Å². The quantitative estimate of drug-likeness (QED) is 0.871. The molecule has 3 N–H and O–H groups in total. The molecule has 1 aromatic carbocycles. The van der Waals surface area contributed by atoms with Crippen molar-refractivity contribution in [2.24, 2.45) is 11.1 Å². The largest absolute Gasteiger partial charge is 0.352 e. The van der Waals surface area contributed by atoms with E-state index in [0.717, 1.165) is 11.1 Å². The van der Waals surface area contributed by atoms with Crippen molar-refractivity contribution >= 4 is 17.5 Å². The molecular formula is C13H19ClN2O. The molecule has 1 aromatic rings. The van der Waals surface area contributed by atoms with Crippen LogP contribution in [0, 0.1) is 5.41 Å². The average Bonchev–Trinajstić information content (AvgIpc) is 2.26. The van der Waals surface area contributed by atoms with Gasteiger partial charge in [-0.05, 0) is 17.2 Å². The SMILES string of the molecule is CC(C)(C)C(=O)NCc1ccc(Cl)c(CN)c1. The summed E-state index contributed by atoms with van der Waals surface area (Å²) in [5, 5.41) is 3.55. The maximum atomic E-state index is 11.7. The Morgan fingerprint density at radius 2 is 2.06 bits per heavy atom. The Hall–Kier alpha value is -1.06. The molecule has 94 valence electrons. The van der Waals surface area contributed by atoms with Crippen LogP contribution >= 0.6 is 11.6 Å². The van der Waals surface area contributed by atoms with Gasteiger partial charge < -0.3 is 11.1 Å². The molecule has 0 unspecified atom stereocenters. The molecule has 1 amide bonds. The normalized spacial score (nSPS) is 11.4. The van der Waals surface area contributed by atoms with Gasteiger partial charge in [-0.3, -0.25) is 4.79 Å². The van der Waals surface area contributed by atoms with Crippen LogP contribution in [-0.4, -0.2) is 5.91 Å². The molecule has 3 nitrogen and oxygen atoms in total. The summed E-state index contributed by atoms with van der Waals surface area (Å²) < 4.78 is 0. The van der Waals surface area contributed by atoms with Crippen LogP contribution in [0.3, 0.4) is 0 Å². The molecule has 0 bridgehead atoms. The Morgan fingerprint density at radius 3 is 2.59 bits per heavy atom. The monoisotopic (exact) mass is 254 g/mol. The molecule has 0 spiro atoms. The fraction of sp³-hybridized carbons (Fsp3) is 0.462. The maximum absolute atomic E-state index is 11.7. The molecule has 0 aromatic heterocycles. The lowest BCUT2D eigenvalue weighted by atomic mass is 9.95. The van der Waals surface area contributed by atoms with Crippen molar-refractivity contribution in [1.29, 1.82) is 0 Å². The Labute approximate surface area is 107 Å². The fourth-order valence-corrected chi connectivity index (χ4v) is 1.54. The van der Waals surface area contributed by atoms with E-state index in [1.807, 2.05) is 39.0 Å². The predicted molar refractivity (Wildman–Crippen MR) is 70.6 cm³/mol. The highest BCUT2D eigenvalue weighted by molar-refractivity contribution is 6.31. The number of hydrogen-bond acceptors (Lipinski definition) is 2. The first-order valence-corrected chi connectivity index (χ1v) is 5.98. The van der Waals surface area contributed by atoms with Crippen LogP contribution in [-0.2, 0) is 17.9 Å². The van der Waals surface area contributed by atoms with Gasteiger partial charge in [0.2, 0.25) is 5.91 Å². The summed E-state index contributed by atoms with van der Waals surface area (Å²) in [7, 11) is 0. The molecule has 0 saturated carbocycles. The van der Waals surface area contributed by atoms with Crippen molar-refractivity contribution in [2.45, 2.75) is 33.9 Å². The van der Waals surface area contributed by atoms with Gasteiger partial charge in [-0.25, -0.2) is 0 Å². The fourth-order valence-electron chi connectivity index (χ4n) is 1.34. The van der Waals surface area contributed by atoms with Gasteiger partial charge in [0.15, 0.2) is 0 Å². The van der Waals surface area contributed by atoms with Gasteiger partial charge in [0.1, 0.15) is 0 Å². The molecule has 0 fully saturated rings. The Morgan fingerprint density at radius 1 is 1.41 bits per heavy atom. The molecule has 0 radical (unpaired) electrons. The van der Waals surface area contributed by atoms with E-state index in [4.69, 9.17) is 17.3 Å². The standard InChI is InChI=1S/C13H19ClN2O/c1-13(2,3)12(17)16-8-9-4-5-11(14)10(6-9)7-15/h4-6H,7-8,15H2,1-3H3,(H,16,17). The van der Waals surface area contributed by atoms with Crippen molar-refractivity contribution in [3.63, 3.8) is 0 Å². The summed E-state index contributed by atoms with van der Waals surface area (Å²) in [6, 6.07) is 5.62. The van der Waals surface area contributed by atoms with Gasteiger partial charge in [-0.2, -0.15) is 0 Å². The number of carbonyl (C=O) groups excluding carboxylic acids is 1. The first-order chi connectivity index (χ1) is 7.84. The third-order valence-electron chi connectivity index (χ3n) is 2.46. The molecule has 0 atom stereocenters. The van der Waals surface area contributed by atoms with Gasteiger partial charge in [0.05, 0.1) is 0 Å². The van der Waals surface area contributed by atoms with E-state index in [1.165, 1.54) is 0 Å². The lowest BCUT2D eigenvalue weighted by Crippen LogP contribution is -2.34. The van der Waals surface area contributed by atoms with E-state index < -0.39 is 0 Å². The molecule has 0 aliphatic heterocycles. The number of benzene rings is 1. The third-order valence-corrected chi connectivity index (χ3v) is 2.83. The number of nitrogens with one attached hydrogen (secondary N) is 1. The summed E-state index contributed by atoms with van der Waals surface area (Å²) in [4.78, 5) is 11.7. The van der Waals surface area contributed by atoms with Gasteiger partial charge in [0, 0.05) is 23.5 Å². The van der Waals surface area contributed by atoms with Gasteiger partial charge in [-0.1, -0.05) is 44.5 Å². The predicted octanol–water partition coefficient (Wildman–Crippen LogP) is 2.46. The Kier molecular flexibility index (Phi) is 4.54. The van der Waals surface area contributed by atoms with Crippen LogP contribution < -0.4 is 11.1 Å². The number of carbonyl (C=O) groups is 1. The van der Waals surface area contributed by atoms with E-state index in [0.29, 0.717) is 18.1 Å². The second-order valence-corrected chi connectivity index (χ2v) is 5.47. The minimum atomic E-state index is -0.372. The zero-order valence-corrected chi connectivity index (χ0v) is 11.3. The van der Waals surface area contributed by atoms with Crippen molar-refractivity contribution in [3.8, 4) is 0 Å². The Balaban J connectivity index is 2.67. The van der Waals surface area contributed by atoms with Crippen LogP contribution in [0.4, 0.5) is 0 Å². The summed E-state index contributed by atoms with van der Waals surface area (Å²) in [6.07, 6.45) is 0. The summed E-state index contributed by atoms with van der Waals surface area (Å²) >= 11 is 5.96. The summed E-state index contributed by atoms with van der Waals surface area (Å²) in [5.41, 5.74) is 7.11. The minimum absolute atomic E-state index is 0.0294. The molecule has 17 heavy (non-hydrogen) atoms. The molecule has 0 saturated heterocycles. The van der Waals surface area contributed by atoms with Crippen molar-refractivity contribution in [2.75, 3.05) is 0 Å². The first-order valence-electron chi connectivity index (χ1n) is 5.60. The lowest BCUT2D eigenvalue weighted by molar-refractivity contribution is -0.128. The van der Waals surface area contributed by atoms with Gasteiger partial charge in [0.25, 0.3) is 0 Å². The minimum Gasteiger partial charge on any atom is -0.352 e. The number of hydrogen-bond donors (Lipinski definition) is 2. The number of amides is 1. The van der Waals surface area contributed by atoms with Crippen LogP contribution in [0.25, 0.3) is 0 Å². The van der Waals surface area contributed by atoms with E-state index in [2.05, 4.69) is 5.32 Å². The van der Waals surface area contributed by atoms with E-state index in [-0.39, 0.29) is 11.3 Å². The van der Waals surface area contributed by atoms with Crippen LogP contribution in [0.15, 0.2) is 18.2 Å². The summed E-state index contributed by atoms with van der Waals surface area (Å²) in [5.74, 6) is 0.0294.